The lowest BCUT2D eigenvalue weighted by Gasteiger charge is -2.07. The van der Waals surface area contributed by atoms with Crippen molar-refractivity contribution < 1.29 is 4.79 Å². The first-order valence-electron chi connectivity index (χ1n) is 5.65. The van der Waals surface area contributed by atoms with Crippen LogP contribution in [-0.4, -0.2) is 13.0 Å². The fraction of sp³-hybridized carbons (Fsp3) is 0.462. The molecule has 0 aliphatic heterocycles. The van der Waals surface area contributed by atoms with E-state index in [-0.39, 0.29) is 15.8 Å². The van der Waals surface area contributed by atoms with E-state index >= 15 is 0 Å². The normalized spacial score (nSPS) is 14.3. The van der Waals surface area contributed by atoms with Gasteiger partial charge in [0.2, 0.25) is 0 Å². The SMILES string of the molecule is CNC(=O)c1ccc2c(c1)CCCCC2.P. The Bertz CT molecular complexity index is 376. The lowest BCUT2D eigenvalue weighted by molar-refractivity contribution is 0.0963. The van der Waals surface area contributed by atoms with Crippen molar-refractivity contribution in [1.29, 1.82) is 0 Å². The largest absolute Gasteiger partial charge is 0.355 e. The highest BCUT2D eigenvalue weighted by atomic mass is 31.0. The van der Waals surface area contributed by atoms with Gasteiger partial charge in [0.1, 0.15) is 0 Å². The molecule has 2 rings (SSSR count). The second-order valence-corrected chi connectivity index (χ2v) is 4.12. The summed E-state index contributed by atoms with van der Waals surface area (Å²) in [7, 11) is 1.67. The number of aryl methyl sites for hydroxylation is 2. The van der Waals surface area contributed by atoms with Crippen LogP contribution in [0.2, 0.25) is 0 Å². The van der Waals surface area contributed by atoms with Gasteiger partial charge >= 0.3 is 0 Å². The molecule has 0 heterocycles. The first-order valence-corrected chi connectivity index (χ1v) is 5.65. The monoisotopic (exact) mass is 237 g/mol. The predicted octanol–water partition coefficient (Wildman–Crippen LogP) is 2.37. The van der Waals surface area contributed by atoms with E-state index in [1.54, 1.807) is 7.05 Å². The molecule has 0 saturated carbocycles. The van der Waals surface area contributed by atoms with Gasteiger partial charge in [0.05, 0.1) is 0 Å². The van der Waals surface area contributed by atoms with Gasteiger partial charge in [0.25, 0.3) is 5.91 Å². The summed E-state index contributed by atoms with van der Waals surface area (Å²) >= 11 is 0. The maximum Gasteiger partial charge on any atom is 0.251 e. The average Bonchev–Trinajstić information content (AvgIpc) is 2.51. The first kappa shape index (κ1) is 13.2. The highest BCUT2D eigenvalue weighted by Crippen LogP contribution is 2.21. The molecule has 88 valence electrons. The Morgan fingerprint density at radius 3 is 2.50 bits per heavy atom. The molecular formula is C13H20NOP. The lowest BCUT2D eigenvalue weighted by atomic mass is 10.00. The molecule has 1 aliphatic carbocycles. The Morgan fingerprint density at radius 1 is 1.12 bits per heavy atom. The topological polar surface area (TPSA) is 29.1 Å². The zero-order chi connectivity index (χ0) is 10.7. The number of fused-ring (bicyclic) bond motifs is 1. The predicted molar refractivity (Wildman–Crippen MR) is 72.2 cm³/mol. The van der Waals surface area contributed by atoms with Crippen LogP contribution in [0.1, 0.15) is 40.7 Å². The third-order valence-corrected chi connectivity index (χ3v) is 3.09. The smallest absolute Gasteiger partial charge is 0.251 e. The zero-order valence-corrected chi connectivity index (χ0v) is 11.3. The molecule has 2 nitrogen and oxygen atoms in total. The summed E-state index contributed by atoms with van der Waals surface area (Å²) in [6, 6.07) is 6.10. The fourth-order valence-electron chi connectivity index (χ4n) is 2.20. The van der Waals surface area contributed by atoms with Crippen molar-refractivity contribution in [1.82, 2.24) is 5.32 Å². The fourth-order valence-corrected chi connectivity index (χ4v) is 2.20. The summed E-state index contributed by atoms with van der Waals surface area (Å²) in [6.07, 6.45) is 6.14. The quantitative estimate of drug-likeness (QED) is 0.589. The van der Waals surface area contributed by atoms with Crippen molar-refractivity contribution in [2.24, 2.45) is 0 Å². The molecule has 1 amide bonds. The molecule has 1 aromatic carbocycles. The molecular weight excluding hydrogens is 217 g/mol. The van der Waals surface area contributed by atoms with Crippen LogP contribution in [0.15, 0.2) is 18.2 Å². The minimum Gasteiger partial charge on any atom is -0.355 e. The molecule has 0 bridgehead atoms. The number of carbonyl (C=O) groups is 1. The molecule has 3 heteroatoms. The minimum atomic E-state index is 0. The number of hydrogen-bond donors (Lipinski definition) is 1. The van der Waals surface area contributed by atoms with E-state index in [1.807, 2.05) is 6.07 Å². The van der Waals surface area contributed by atoms with Crippen molar-refractivity contribution in [3.63, 3.8) is 0 Å². The Kier molecular flexibility index (Phi) is 4.95. The van der Waals surface area contributed by atoms with E-state index in [4.69, 9.17) is 0 Å². The summed E-state index contributed by atoms with van der Waals surface area (Å²) in [4.78, 5) is 11.5. The van der Waals surface area contributed by atoms with Crippen molar-refractivity contribution in [3.8, 4) is 0 Å². The van der Waals surface area contributed by atoms with Crippen LogP contribution >= 0.6 is 9.90 Å². The van der Waals surface area contributed by atoms with Crippen LogP contribution in [0.3, 0.4) is 0 Å². The third kappa shape index (κ3) is 2.82. The standard InChI is InChI=1S/C13H17NO.H3P/c1-14-13(15)12-8-7-10-5-3-2-4-6-11(10)9-12;/h7-9H,2-6H2,1H3,(H,14,15);1H3. The van der Waals surface area contributed by atoms with Crippen molar-refractivity contribution in [2.45, 2.75) is 32.1 Å². The minimum absolute atomic E-state index is 0. The van der Waals surface area contributed by atoms with Gasteiger partial charge in [-0.05, 0) is 48.9 Å². The van der Waals surface area contributed by atoms with E-state index in [2.05, 4.69) is 17.4 Å². The third-order valence-electron chi connectivity index (χ3n) is 3.09. The maximum atomic E-state index is 11.5. The number of hydrogen-bond acceptors (Lipinski definition) is 1. The van der Waals surface area contributed by atoms with Gasteiger partial charge in [-0.1, -0.05) is 12.5 Å². The van der Waals surface area contributed by atoms with Crippen LogP contribution in [0, 0.1) is 0 Å². The first-order chi connectivity index (χ1) is 7.31. The average molecular weight is 237 g/mol. The Morgan fingerprint density at radius 2 is 1.81 bits per heavy atom. The summed E-state index contributed by atoms with van der Waals surface area (Å²) < 4.78 is 0. The van der Waals surface area contributed by atoms with E-state index in [1.165, 1.54) is 36.8 Å². The summed E-state index contributed by atoms with van der Waals surface area (Å²) in [5.74, 6) is 0.0158. The van der Waals surface area contributed by atoms with E-state index in [0.717, 1.165) is 12.0 Å². The summed E-state index contributed by atoms with van der Waals surface area (Å²) in [5.41, 5.74) is 3.59. The molecule has 0 fully saturated rings. The van der Waals surface area contributed by atoms with Crippen LogP contribution in [0.25, 0.3) is 0 Å². The highest BCUT2D eigenvalue weighted by molar-refractivity contribution is 6.92. The van der Waals surface area contributed by atoms with Crippen LogP contribution in [0.5, 0.6) is 0 Å². The van der Waals surface area contributed by atoms with Crippen molar-refractivity contribution in [3.05, 3.63) is 34.9 Å². The Labute approximate surface area is 100 Å². The lowest BCUT2D eigenvalue weighted by Crippen LogP contribution is -2.18. The molecule has 0 spiro atoms. The molecule has 1 N–H and O–H groups in total. The van der Waals surface area contributed by atoms with Gasteiger partial charge in [-0.3, -0.25) is 4.79 Å². The molecule has 0 aromatic heterocycles. The molecule has 16 heavy (non-hydrogen) atoms. The number of nitrogens with one attached hydrogen (secondary N) is 1. The molecule has 1 unspecified atom stereocenters. The van der Waals surface area contributed by atoms with Gasteiger partial charge in [0, 0.05) is 12.6 Å². The van der Waals surface area contributed by atoms with Crippen LogP contribution in [-0.2, 0) is 12.8 Å². The van der Waals surface area contributed by atoms with Gasteiger partial charge in [-0.25, -0.2) is 0 Å². The van der Waals surface area contributed by atoms with Crippen LogP contribution < -0.4 is 5.32 Å². The van der Waals surface area contributed by atoms with Crippen molar-refractivity contribution in [2.75, 3.05) is 7.05 Å². The second kappa shape index (κ2) is 6.00. The van der Waals surface area contributed by atoms with Crippen LogP contribution in [0.4, 0.5) is 0 Å². The van der Waals surface area contributed by atoms with E-state index < -0.39 is 0 Å². The second-order valence-electron chi connectivity index (χ2n) is 4.12. The molecule has 0 radical (unpaired) electrons. The van der Waals surface area contributed by atoms with Gasteiger partial charge in [-0.2, -0.15) is 9.90 Å². The van der Waals surface area contributed by atoms with Crippen molar-refractivity contribution >= 4 is 15.8 Å². The van der Waals surface area contributed by atoms with E-state index in [0.29, 0.717) is 0 Å². The van der Waals surface area contributed by atoms with Gasteiger partial charge in [-0.15, -0.1) is 0 Å². The number of benzene rings is 1. The van der Waals surface area contributed by atoms with Gasteiger partial charge in [0.15, 0.2) is 0 Å². The highest BCUT2D eigenvalue weighted by Gasteiger charge is 2.10. The molecule has 1 aliphatic rings. The molecule has 1 aromatic rings. The molecule has 0 saturated heterocycles. The van der Waals surface area contributed by atoms with E-state index in [9.17, 15) is 4.79 Å². The number of amides is 1. The Balaban J connectivity index is 0.00000128. The maximum absolute atomic E-state index is 11.5. The summed E-state index contributed by atoms with van der Waals surface area (Å²) in [5, 5.41) is 2.66. The molecule has 1 atom stereocenters. The van der Waals surface area contributed by atoms with Gasteiger partial charge < -0.3 is 5.32 Å². The number of carbonyl (C=O) groups excluding carboxylic acids is 1. The summed E-state index contributed by atoms with van der Waals surface area (Å²) in [6.45, 7) is 0. The zero-order valence-electron chi connectivity index (χ0n) is 9.88. The Hall–Kier alpha value is -0.880. The number of rotatable bonds is 1.